The van der Waals surface area contributed by atoms with Crippen molar-refractivity contribution in [3.8, 4) is 0 Å². The number of benzene rings is 1. The van der Waals surface area contributed by atoms with E-state index in [1.807, 2.05) is 0 Å². The monoisotopic (exact) mass is 293 g/mol. The van der Waals surface area contributed by atoms with Gasteiger partial charge in [0.25, 0.3) is 0 Å². The second kappa shape index (κ2) is 3.93. The Morgan fingerprint density at radius 3 is 2.62 bits per heavy atom. The zero-order valence-electron chi connectivity index (χ0n) is 6.57. The number of nitrogens with two attached hydrogens (primary N) is 1. The molecule has 0 saturated heterocycles. The lowest BCUT2D eigenvalue weighted by atomic mass is 10.1. The Bertz CT molecular complexity index is 340. The fourth-order valence-electron chi connectivity index (χ4n) is 0.928. The van der Waals surface area contributed by atoms with Crippen LogP contribution >= 0.6 is 22.6 Å². The third kappa shape index (κ3) is 2.31. The Hall–Kier alpha value is -0.820. The maximum Gasteiger partial charge on any atom is 0.337 e. The van der Waals surface area contributed by atoms with Crippen LogP contribution in [0.25, 0.3) is 0 Å². The average molecular weight is 293 g/mol. The van der Waals surface area contributed by atoms with Gasteiger partial charge in [-0.1, -0.05) is 6.07 Å². The topological polar surface area (TPSA) is 83.5 Å². The number of carboxylic acids is 1. The van der Waals surface area contributed by atoms with Gasteiger partial charge >= 0.3 is 5.97 Å². The minimum Gasteiger partial charge on any atom is -0.479 e. The number of halogens is 1. The molecule has 0 aliphatic heterocycles. The van der Waals surface area contributed by atoms with Crippen LogP contribution in [0.5, 0.6) is 0 Å². The predicted molar refractivity (Wildman–Crippen MR) is 56.2 cm³/mol. The summed E-state index contributed by atoms with van der Waals surface area (Å²) in [6, 6.07) is 4.82. The number of carbonyl (C=O) groups is 1. The van der Waals surface area contributed by atoms with Gasteiger partial charge in [-0.25, -0.2) is 4.79 Å². The molecule has 0 aliphatic rings. The fourth-order valence-corrected chi connectivity index (χ4v) is 1.44. The van der Waals surface area contributed by atoms with Crippen molar-refractivity contribution in [1.29, 1.82) is 0 Å². The molecule has 70 valence electrons. The molecule has 0 radical (unpaired) electrons. The van der Waals surface area contributed by atoms with E-state index >= 15 is 0 Å². The number of nitrogen functional groups attached to an aromatic ring is 1. The summed E-state index contributed by atoms with van der Waals surface area (Å²) in [7, 11) is 0. The van der Waals surface area contributed by atoms with Crippen LogP contribution in [0.3, 0.4) is 0 Å². The summed E-state index contributed by atoms with van der Waals surface area (Å²) in [5.74, 6) is -1.30. The van der Waals surface area contributed by atoms with Gasteiger partial charge in [0.15, 0.2) is 6.10 Å². The normalized spacial score (nSPS) is 12.5. The molecule has 4 nitrogen and oxygen atoms in total. The lowest BCUT2D eigenvalue weighted by Crippen LogP contribution is -2.12. The molecule has 1 aromatic carbocycles. The molecule has 4 N–H and O–H groups in total. The van der Waals surface area contributed by atoms with Gasteiger partial charge in [-0.05, 0) is 34.7 Å². The maximum absolute atomic E-state index is 10.4. The Balaban J connectivity index is 3.08. The molecule has 0 spiro atoms. The zero-order valence-corrected chi connectivity index (χ0v) is 8.72. The molecular formula is C8H8INO3. The SMILES string of the molecule is Nc1cc(I)ccc1C(O)C(=O)O. The molecule has 0 amide bonds. The molecule has 1 rings (SSSR count). The first-order valence-electron chi connectivity index (χ1n) is 3.48. The highest BCUT2D eigenvalue weighted by molar-refractivity contribution is 14.1. The van der Waals surface area contributed by atoms with Gasteiger partial charge in [0.1, 0.15) is 0 Å². The van der Waals surface area contributed by atoms with Crippen LogP contribution in [0.15, 0.2) is 18.2 Å². The van der Waals surface area contributed by atoms with E-state index in [0.29, 0.717) is 5.69 Å². The first kappa shape index (κ1) is 10.3. The molecule has 0 fully saturated rings. The summed E-state index contributed by atoms with van der Waals surface area (Å²) < 4.78 is 0.899. The van der Waals surface area contributed by atoms with Gasteiger partial charge in [0.2, 0.25) is 0 Å². The fraction of sp³-hybridized carbons (Fsp3) is 0.125. The van der Waals surface area contributed by atoms with E-state index in [1.54, 1.807) is 12.1 Å². The summed E-state index contributed by atoms with van der Waals surface area (Å²) in [5.41, 5.74) is 6.05. The number of aliphatic hydroxyl groups is 1. The van der Waals surface area contributed by atoms with Crippen LogP contribution in [-0.2, 0) is 4.79 Å². The largest absolute Gasteiger partial charge is 0.479 e. The molecule has 0 bridgehead atoms. The van der Waals surface area contributed by atoms with Gasteiger partial charge in [0, 0.05) is 14.8 Å². The smallest absolute Gasteiger partial charge is 0.337 e. The second-order valence-corrected chi connectivity index (χ2v) is 3.76. The van der Waals surface area contributed by atoms with Crippen LogP contribution < -0.4 is 5.73 Å². The summed E-state index contributed by atoms with van der Waals surface area (Å²) in [5, 5.41) is 17.7. The number of anilines is 1. The van der Waals surface area contributed by atoms with Gasteiger partial charge in [-0.3, -0.25) is 0 Å². The Morgan fingerprint density at radius 1 is 1.54 bits per heavy atom. The third-order valence-corrected chi connectivity index (χ3v) is 2.25. The van der Waals surface area contributed by atoms with Crippen LogP contribution in [0, 0.1) is 3.57 Å². The molecule has 5 heteroatoms. The van der Waals surface area contributed by atoms with Crippen LogP contribution in [0.2, 0.25) is 0 Å². The van der Waals surface area contributed by atoms with Gasteiger partial charge in [0.05, 0.1) is 0 Å². The number of hydrogen-bond donors (Lipinski definition) is 3. The van der Waals surface area contributed by atoms with E-state index in [2.05, 4.69) is 22.6 Å². The molecule has 0 aliphatic carbocycles. The first-order valence-corrected chi connectivity index (χ1v) is 4.56. The number of aliphatic carboxylic acids is 1. The molecule has 1 aromatic rings. The number of carboxylic acid groups (broad SMARTS) is 1. The summed E-state index contributed by atoms with van der Waals surface area (Å²) in [6.45, 7) is 0. The van der Waals surface area contributed by atoms with Crippen molar-refractivity contribution in [3.63, 3.8) is 0 Å². The first-order chi connectivity index (χ1) is 6.02. The highest BCUT2D eigenvalue weighted by Gasteiger charge is 2.18. The predicted octanol–water partition coefficient (Wildman–Crippen LogP) is 0.991. The maximum atomic E-state index is 10.4. The minimum absolute atomic E-state index is 0.230. The summed E-state index contributed by atoms with van der Waals surface area (Å²) in [6.07, 6.45) is -1.54. The van der Waals surface area contributed by atoms with E-state index in [-0.39, 0.29) is 5.56 Å². The van der Waals surface area contributed by atoms with Gasteiger partial charge in [-0.2, -0.15) is 0 Å². The van der Waals surface area contributed by atoms with Gasteiger partial charge < -0.3 is 15.9 Å². The van der Waals surface area contributed by atoms with Crippen molar-refractivity contribution >= 4 is 34.2 Å². The van der Waals surface area contributed by atoms with Crippen molar-refractivity contribution < 1.29 is 15.0 Å². The highest BCUT2D eigenvalue weighted by Crippen LogP contribution is 2.22. The number of rotatable bonds is 2. The Kier molecular flexibility index (Phi) is 3.10. The van der Waals surface area contributed by atoms with Crippen molar-refractivity contribution in [1.82, 2.24) is 0 Å². The molecule has 1 atom stereocenters. The van der Waals surface area contributed by atoms with Crippen LogP contribution in [0.1, 0.15) is 11.7 Å². The lowest BCUT2D eigenvalue weighted by molar-refractivity contribution is -0.146. The number of hydrogen-bond acceptors (Lipinski definition) is 3. The van der Waals surface area contributed by atoms with Crippen molar-refractivity contribution in [2.75, 3.05) is 5.73 Å². The number of aliphatic hydroxyl groups excluding tert-OH is 1. The quantitative estimate of drug-likeness (QED) is 0.561. The van der Waals surface area contributed by atoms with Crippen LogP contribution in [0.4, 0.5) is 5.69 Å². The Labute approximate surface area is 88.5 Å². The second-order valence-electron chi connectivity index (χ2n) is 2.51. The van der Waals surface area contributed by atoms with Gasteiger partial charge in [-0.15, -0.1) is 0 Å². The average Bonchev–Trinajstić information content (AvgIpc) is 2.03. The van der Waals surface area contributed by atoms with E-state index in [9.17, 15) is 9.90 Å². The third-order valence-electron chi connectivity index (χ3n) is 1.58. The summed E-state index contributed by atoms with van der Waals surface area (Å²) in [4.78, 5) is 10.4. The van der Waals surface area contributed by atoms with E-state index in [1.165, 1.54) is 6.07 Å². The molecule has 0 saturated carbocycles. The van der Waals surface area contributed by atoms with E-state index < -0.39 is 12.1 Å². The van der Waals surface area contributed by atoms with E-state index in [0.717, 1.165) is 3.57 Å². The highest BCUT2D eigenvalue weighted by atomic mass is 127. The lowest BCUT2D eigenvalue weighted by Gasteiger charge is -2.08. The molecule has 0 aromatic heterocycles. The summed E-state index contributed by atoms with van der Waals surface area (Å²) >= 11 is 2.05. The molecule has 13 heavy (non-hydrogen) atoms. The van der Waals surface area contributed by atoms with Crippen molar-refractivity contribution in [2.45, 2.75) is 6.10 Å². The van der Waals surface area contributed by atoms with E-state index in [4.69, 9.17) is 10.8 Å². The van der Waals surface area contributed by atoms with Crippen molar-refractivity contribution in [2.24, 2.45) is 0 Å². The standard InChI is InChI=1S/C8H8INO3/c9-4-1-2-5(6(10)3-4)7(11)8(12)13/h1-3,7,11H,10H2,(H,12,13). The molecule has 0 heterocycles. The minimum atomic E-state index is -1.54. The zero-order chi connectivity index (χ0) is 10.0. The Morgan fingerprint density at radius 2 is 2.15 bits per heavy atom. The molecule has 1 unspecified atom stereocenters. The van der Waals surface area contributed by atoms with Crippen molar-refractivity contribution in [3.05, 3.63) is 27.3 Å². The molecular weight excluding hydrogens is 285 g/mol. The van der Waals surface area contributed by atoms with Crippen LogP contribution in [-0.4, -0.2) is 16.2 Å².